The first kappa shape index (κ1) is 40.3. The number of likely N-dealkylation sites (N-methyl/N-ethyl adjacent to an activating group) is 1. The molecule has 0 aliphatic carbocycles. The first-order chi connectivity index (χ1) is 21.8. The molecule has 3 aromatic rings. The highest BCUT2D eigenvalue weighted by atomic mass is 35.5. The lowest BCUT2D eigenvalue weighted by molar-refractivity contribution is -0.138. The molecule has 262 valence electrons. The van der Waals surface area contributed by atoms with Gasteiger partial charge < -0.3 is 24.8 Å². The number of carbonyl (C=O) groups excluding carboxylic acids is 3. The molecule has 48 heavy (non-hydrogen) atoms. The molecule has 0 radical (unpaired) electrons. The summed E-state index contributed by atoms with van der Waals surface area (Å²) >= 11 is 0. The molecule has 0 bridgehead atoms. The fourth-order valence-corrected chi connectivity index (χ4v) is 5.49. The number of halogens is 5. The van der Waals surface area contributed by atoms with Gasteiger partial charge in [-0.15, -0.1) is 24.8 Å². The van der Waals surface area contributed by atoms with Crippen LogP contribution in [0, 0.1) is 5.41 Å². The summed E-state index contributed by atoms with van der Waals surface area (Å²) in [6, 6.07) is 13.5. The molecule has 3 amide bonds. The second-order valence-corrected chi connectivity index (χ2v) is 11.8. The first-order valence-electron chi connectivity index (χ1n) is 15.2. The van der Waals surface area contributed by atoms with Crippen molar-refractivity contribution in [2.24, 2.45) is 5.41 Å². The largest absolute Gasteiger partial charge is 0.494 e. The molecule has 1 N–H and O–H groups in total. The molecule has 9 nitrogen and oxygen atoms in total. The molecule has 1 aromatic heterocycles. The maximum atomic E-state index is 13.1. The number of hydrogen-bond donors (Lipinski definition) is 1. The van der Waals surface area contributed by atoms with Crippen LogP contribution in [0.3, 0.4) is 0 Å². The van der Waals surface area contributed by atoms with E-state index in [1.54, 1.807) is 63.4 Å². The van der Waals surface area contributed by atoms with Crippen LogP contribution < -0.4 is 19.9 Å². The van der Waals surface area contributed by atoms with E-state index in [4.69, 9.17) is 4.74 Å². The second kappa shape index (κ2) is 17.0. The molecule has 2 aromatic carbocycles. The predicted molar refractivity (Wildman–Crippen MR) is 184 cm³/mol. The van der Waals surface area contributed by atoms with E-state index < -0.39 is 23.1 Å². The molecule has 1 atom stereocenters. The number of fused-ring (bicyclic) bond motifs is 1. The Morgan fingerprint density at radius 2 is 1.71 bits per heavy atom. The van der Waals surface area contributed by atoms with Crippen molar-refractivity contribution in [3.63, 3.8) is 0 Å². The van der Waals surface area contributed by atoms with Gasteiger partial charge in [-0.1, -0.05) is 6.07 Å². The van der Waals surface area contributed by atoms with Crippen molar-refractivity contribution in [3.8, 4) is 5.75 Å². The number of benzene rings is 2. The summed E-state index contributed by atoms with van der Waals surface area (Å²) in [5, 5.41) is 3.45. The fourth-order valence-electron chi connectivity index (χ4n) is 5.49. The standard InChI is InChI=1S/C34H40F3N5O4.2ClH/c1-6-42-28-13-12-26(22-29(28)41(5)31(44)33(2,3)32(42)45)46-20-8-11-27(23-14-16-38-17-15-23)39-18-19-40(4)30(43)24-9-7-10-25(21-24)34(35,36)37;;/h7,9-10,12-17,21-22,27,39H,6,8,11,18-20H2,1-5H3;2*1H. The summed E-state index contributed by atoms with van der Waals surface area (Å²) in [7, 11) is 3.22. The molecular weight excluding hydrogens is 670 g/mol. The number of carbonyl (C=O) groups is 3. The normalized spacial score (nSPS) is 14.7. The highest BCUT2D eigenvalue weighted by Gasteiger charge is 2.45. The van der Waals surface area contributed by atoms with Crippen LogP contribution in [0.15, 0.2) is 67.0 Å². The van der Waals surface area contributed by atoms with Crippen molar-refractivity contribution in [1.82, 2.24) is 15.2 Å². The molecule has 1 aliphatic rings. The van der Waals surface area contributed by atoms with Gasteiger partial charge in [0.15, 0.2) is 0 Å². The van der Waals surface area contributed by atoms with Gasteiger partial charge in [0.2, 0.25) is 11.8 Å². The zero-order chi connectivity index (χ0) is 33.6. The van der Waals surface area contributed by atoms with Gasteiger partial charge in [-0.25, -0.2) is 0 Å². The van der Waals surface area contributed by atoms with E-state index >= 15 is 0 Å². The van der Waals surface area contributed by atoms with Crippen LogP contribution >= 0.6 is 24.8 Å². The third-order valence-electron chi connectivity index (χ3n) is 8.17. The Hall–Kier alpha value is -3.87. The third kappa shape index (κ3) is 9.18. The SMILES string of the molecule is CCN1C(=O)C(C)(C)C(=O)N(C)c2cc(OCCCC(NCCN(C)C(=O)c3cccc(C(F)(F)F)c3)c3ccncc3)ccc21.Cl.Cl. The van der Waals surface area contributed by atoms with E-state index in [2.05, 4.69) is 10.3 Å². The van der Waals surface area contributed by atoms with Crippen molar-refractivity contribution < 1.29 is 32.3 Å². The lowest BCUT2D eigenvalue weighted by atomic mass is 9.90. The molecule has 1 aliphatic heterocycles. The van der Waals surface area contributed by atoms with Gasteiger partial charge in [0, 0.05) is 63.8 Å². The molecular formula is C34H42Cl2F3N5O4. The minimum atomic E-state index is -4.53. The van der Waals surface area contributed by atoms with E-state index in [-0.39, 0.29) is 54.8 Å². The number of amides is 3. The van der Waals surface area contributed by atoms with Crippen LogP contribution in [0.25, 0.3) is 0 Å². The van der Waals surface area contributed by atoms with Crippen molar-refractivity contribution in [3.05, 3.63) is 83.7 Å². The van der Waals surface area contributed by atoms with Gasteiger partial charge in [-0.2, -0.15) is 13.2 Å². The Morgan fingerprint density at radius 3 is 2.35 bits per heavy atom. The topological polar surface area (TPSA) is 95.1 Å². The van der Waals surface area contributed by atoms with Gasteiger partial charge in [0.05, 0.1) is 23.5 Å². The van der Waals surface area contributed by atoms with Gasteiger partial charge in [0.1, 0.15) is 11.2 Å². The number of ether oxygens (including phenoxy) is 1. The van der Waals surface area contributed by atoms with E-state index in [1.165, 1.54) is 21.9 Å². The van der Waals surface area contributed by atoms with Crippen molar-refractivity contribution >= 4 is 53.9 Å². The average molecular weight is 713 g/mol. The van der Waals surface area contributed by atoms with Crippen LogP contribution in [-0.4, -0.2) is 67.9 Å². The van der Waals surface area contributed by atoms with E-state index in [0.717, 1.165) is 17.7 Å². The molecule has 1 unspecified atom stereocenters. The number of rotatable bonds is 12. The monoisotopic (exact) mass is 711 g/mol. The minimum Gasteiger partial charge on any atom is -0.494 e. The van der Waals surface area contributed by atoms with E-state index in [9.17, 15) is 27.6 Å². The molecule has 0 saturated carbocycles. The first-order valence-corrected chi connectivity index (χ1v) is 15.2. The zero-order valence-corrected chi connectivity index (χ0v) is 29.2. The number of alkyl halides is 3. The quantitative estimate of drug-likeness (QED) is 0.169. The van der Waals surface area contributed by atoms with Crippen molar-refractivity contribution in [2.75, 3.05) is 50.1 Å². The van der Waals surface area contributed by atoms with Gasteiger partial charge in [-0.3, -0.25) is 19.4 Å². The molecule has 2 heterocycles. The Labute approximate surface area is 291 Å². The molecule has 14 heteroatoms. The molecule has 0 spiro atoms. The van der Waals surface area contributed by atoms with Crippen LogP contribution in [0.1, 0.15) is 61.1 Å². The van der Waals surface area contributed by atoms with Gasteiger partial charge >= 0.3 is 6.18 Å². The lowest BCUT2D eigenvalue weighted by Gasteiger charge is -2.27. The smallest absolute Gasteiger partial charge is 0.416 e. The maximum Gasteiger partial charge on any atom is 0.416 e. The van der Waals surface area contributed by atoms with E-state index in [0.29, 0.717) is 49.7 Å². The number of nitrogens with one attached hydrogen (secondary N) is 1. The Bertz CT molecular complexity index is 1560. The summed E-state index contributed by atoms with van der Waals surface area (Å²) < 4.78 is 45.4. The number of pyridine rings is 1. The second-order valence-electron chi connectivity index (χ2n) is 11.8. The average Bonchev–Trinajstić information content (AvgIpc) is 3.09. The summed E-state index contributed by atoms with van der Waals surface area (Å²) in [5.74, 6) is -0.463. The lowest BCUT2D eigenvalue weighted by Crippen LogP contribution is -2.47. The van der Waals surface area contributed by atoms with Crippen molar-refractivity contribution in [2.45, 2.75) is 45.8 Å². The number of aromatic nitrogens is 1. The summed E-state index contributed by atoms with van der Waals surface area (Å²) in [4.78, 5) is 47.7. The summed E-state index contributed by atoms with van der Waals surface area (Å²) in [5.41, 5.74) is 0.173. The fraction of sp³-hybridized carbons (Fsp3) is 0.412. The predicted octanol–water partition coefficient (Wildman–Crippen LogP) is 6.56. The maximum absolute atomic E-state index is 13.1. The zero-order valence-electron chi connectivity index (χ0n) is 27.5. The number of anilines is 2. The highest BCUT2D eigenvalue weighted by molar-refractivity contribution is 6.20. The Morgan fingerprint density at radius 1 is 1.02 bits per heavy atom. The number of hydrogen-bond acceptors (Lipinski definition) is 6. The molecule has 0 fully saturated rings. The van der Waals surface area contributed by atoms with Crippen LogP contribution in [0.4, 0.5) is 24.5 Å². The summed E-state index contributed by atoms with van der Waals surface area (Å²) in [6.45, 7) is 6.65. The van der Waals surface area contributed by atoms with Crippen LogP contribution in [0.5, 0.6) is 5.75 Å². The van der Waals surface area contributed by atoms with Gasteiger partial charge in [-0.05, 0) is 81.6 Å². The summed E-state index contributed by atoms with van der Waals surface area (Å²) in [6.07, 6.45) is 0.217. The number of nitrogens with zero attached hydrogens (tertiary/aromatic N) is 4. The molecule has 4 rings (SSSR count). The van der Waals surface area contributed by atoms with Crippen LogP contribution in [-0.2, 0) is 15.8 Å². The van der Waals surface area contributed by atoms with Crippen LogP contribution in [0.2, 0.25) is 0 Å². The molecule has 0 saturated heterocycles. The Balaban J connectivity index is 0.00000400. The third-order valence-corrected chi connectivity index (χ3v) is 8.17. The highest BCUT2D eigenvalue weighted by Crippen LogP contribution is 2.40. The van der Waals surface area contributed by atoms with Gasteiger partial charge in [0.25, 0.3) is 5.91 Å². The minimum absolute atomic E-state index is 0. The van der Waals surface area contributed by atoms with Crippen molar-refractivity contribution in [1.29, 1.82) is 0 Å². The van der Waals surface area contributed by atoms with E-state index in [1.807, 2.05) is 19.1 Å². The Kier molecular flexibility index (Phi) is 14.3.